The number of ketones is 1. The lowest BCUT2D eigenvalue weighted by Crippen LogP contribution is -1.90. The van der Waals surface area contributed by atoms with Gasteiger partial charge in [-0.3, -0.25) is 4.79 Å². The van der Waals surface area contributed by atoms with Crippen molar-refractivity contribution in [2.45, 2.75) is 6.42 Å². The Balaban J connectivity index is 2.66. The summed E-state index contributed by atoms with van der Waals surface area (Å²) in [5.41, 5.74) is 0. The Bertz CT molecular complexity index is 131. The third-order valence-electron chi connectivity index (χ3n) is 0.848. The van der Waals surface area contributed by atoms with Crippen LogP contribution in [0.1, 0.15) is 6.42 Å². The van der Waals surface area contributed by atoms with Crippen LogP contribution in [-0.2, 0) is 4.79 Å². The van der Waals surface area contributed by atoms with E-state index in [2.05, 4.69) is 0 Å². The zero-order valence-corrected chi connectivity index (χ0v) is 3.92. The first-order valence-electron chi connectivity index (χ1n) is 2.25. The van der Waals surface area contributed by atoms with Gasteiger partial charge >= 0.3 is 0 Å². The molecule has 0 atom stereocenters. The first-order valence-corrected chi connectivity index (χ1v) is 2.25. The lowest BCUT2D eigenvalue weighted by atomic mass is 10.2. The van der Waals surface area contributed by atoms with E-state index in [-0.39, 0.29) is 5.78 Å². The van der Waals surface area contributed by atoms with E-state index in [1.807, 2.05) is 12.2 Å². The van der Waals surface area contributed by atoms with Gasteiger partial charge in [0.1, 0.15) is 0 Å². The fraction of sp³-hybridized carbons (Fsp3) is 0.167. The fourth-order valence-corrected chi connectivity index (χ4v) is 0.494. The Morgan fingerprint density at radius 2 is 2.29 bits per heavy atom. The average Bonchev–Trinajstić information content (AvgIpc) is 1.69. The highest BCUT2D eigenvalue weighted by molar-refractivity contribution is 5.92. The highest BCUT2D eigenvalue weighted by Crippen LogP contribution is 1.94. The van der Waals surface area contributed by atoms with Gasteiger partial charge in [-0.1, -0.05) is 18.2 Å². The zero-order chi connectivity index (χ0) is 5.11. The van der Waals surface area contributed by atoms with Crippen molar-refractivity contribution in [3.63, 3.8) is 0 Å². The second-order valence-corrected chi connectivity index (χ2v) is 1.46. The molecule has 0 aromatic heterocycles. The molecule has 0 aromatic rings. The number of carbonyl (C=O) groups excluding carboxylic acids is 1. The molecule has 1 aliphatic rings. The normalized spacial score (nSPS) is 18.0. The fourth-order valence-electron chi connectivity index (χ4n) is 0.494. The Hall–Kier alpha value is -0.850. The van der Waals surface area contributed by atoms with Crippen LogP contribution in [0.15, 0.2) is 24.3 Å². The molecule has 0 aromatic carbocycles. The second-order valence-electron chi connectivity index (χ2n) is 1.46. The van der Waals surface area contributed by atoms with Crippen LogP contribution in [0, 0.1) is 0 Å². The summed E-state index contributed by atoms with van der Waals surface area (Å²) in [6.07, 6.45) is 7.64. The van der Waals surface area contributed by atoms with E-state index in [0.717, 1.165) is 0 Å². The maximum absolute atomic E-state index is 10.3. The largest absolute Gasteiger partial charge is 0.295 e. The maximum Gasteiger partial charge on any atom is 0.159 e. The maximum atomic E-state index is 10.3. The topological polar surface area (TPSA) is 17.1 Å². The molecule has 0 N–H and O–H groups in total. The minimum absolute atomic E-state index is 0.197. The van der Waals surface area contributed by atoms with Crippen LogP contribution < -0.4 is 0 Å². The summed E-state index contributed by atoms with van der Waals surface area (Å²) >= 11 is 0. The molecule has 1 rings (SSSR count). The van der Waals surface area contributed by atoms with Crippen molar-refractivity contribution in [1.82, 2.24) is 0 Å². The molecular formula is C6H6O. The predicted octanol–water partition coefficient (Wildman–Crippen LogP) is 1.07. The third kappa shape index (κ3) is 1.000. The molecule has 1 nitrogen and oxygen atoms in total. The van der Waals surface area contributed by atoms with Crippen molar-refractivity contribution < 1.29 is 4.79 Å². The lowest BCUT2D eigenvalue weighted by Gasteiger charge is -1.88. The third-order valence-corrected chi connectivity index (χ3v) is 0.848. The quantitative estimate of drug-likeness (QED) is 0.439. The van der Waals surface area contributed by atoms with E-state index >= 15 is 0 Å². The SMILES string of the molecule is O=C1C=CC=CC1. The van der Waals surface area contributed by atoms with Gasteiger partial charge in [-0.05, 0) is 6.08 Å². The van der Waals surface area contributed by atoms with E-state index < -0.39 is 0 Å². The number of allylic oxidation sites excluding steroid dienone is 4. The first-order chi connectivity index (χ1) is 3.39. The molecule has 36 valence electrons. The Morgan fingerprint density at radius 3 is 2.57 bits per heavy atom. The molecule has 0 saturated carbocycles. The minimum atomic E-state index is 0.197. The first kappa shape index (κ1) is 4.31. The molecule has 0 saturated heterocycles. The molecule has 1 heteroatoms. The van der Waals surface area contributed by atoms with E-state index in [1.165, 1.54) is 0 Å². The minimum Gasteiger partial charge on any atom is -0.295 e. The Labute approximate surface area is 42.3 Å². The molecule has 1 aliphatic carbocycles. The molecule has 0 spiro atoms. The van der Waals surface area contributed by atoms with Crippen LogP contribution >= 0.6 is 0 Å². The smallest absolute Gasteiger partial charge is 0.159 e. The highest BCUT2D eigenvalue weighted by Gasteiger charge is 1.92. The molecule has 7 heavy (non-hydrogen) atoms. The van der Waals surface area contributed by atoms with Crippen LogP contribution in [0.2, 0.25) is 0 Å². The van der Waals surface area contributed by atoms with Gasteiger partial charge in [0.25, 0.3) is 0 Å². The monoisotopic (exact) mass is 94.0 g/mol. The van der Waals surface area contributed by atoms with Crippen molar-refractivity contribution in [2.24, 2.45) is 0 Å². The summed E-state index contributed by atoms with van der Waals surface area (Å²) in [5, 5.41) is 0. The number of hydrogen-bond acceptors (Lipinski definition) is 1. The van der Waals surface area contributed by atoms with E-state index in [4.69, 9.17) is 0 Å². The van der Waals surface area contributed by atoms with Gasteiger partial charge in [0.15, 0.2) is 5.78 Å². The molecule has 0 unspecified atom stereocenters. The number of carbonyl (C=O) groups is 1. The van der Waals surface area contributed by atoms with Gasteiger partial charge in [0.05, 0.1) is 0 Å². The van der Waals surface area contributed by atoms with Crippen molar-refractivity contribution in [3.05, 3.63) is 24.3 Å². The van der Waals surface area contributed by atoms with Gasteiger partial charge in [-0.2, -0.15) is 0 Å². The van der Waals surface area contributed by atoms with Crippen molar-refractivity contribution in [3.8, 4) is 0 Å². The van der Waals surface area contributed by atoms with Crippen LogP contribution in [0.4, 0.5) is 0 Å². The molecule has 0 radical (unpaired) electrons. The van der Waals surface area contributed by atoms with Gasteiger partial charge in [-0.15, -0.1) is 0 Å². The molecular weight excluding hydrogens is 88.1 g/mol. The standard InChI is InChI=1S/C6H6O/c7-6-4-2-1-3-5-6/h1-4H,5H2. The van der Waals surface area contributed by atoms with Crippen LogP contribution in [-0.4, -0.2) is 5.78 Å². The van der Waals surface area contributed by atoms with Crippen LogP contribution in [0.5, 0.6) is 0 Å². The molecule has 0 bridgehead atoms. The van der Waals surface area contributed by atoms with Gasteiger partial charge in [0, 0.05) is 6.42 Å². The molecule has 0 fully saturated rings. The summed E-state index contributed by atoms with van der Waals surface area (Å²) in [7, 11) is 0. The van der Waals surface area contributed by atoms with Gasteiger partial charge in [0.2, 0.25) is 0 Å². The summed E-state index contributed by atoms with van der Waals surface area (Å²) in [4.78, 5) is 10.3. The van der Waals surface area contributed by atoms with Crippen LogP contribution in [0.25, 0.3) is 0 Å². The van der Waals surface area contributed by atoms with E-state index in [0.29, 0.717) is 6.42 Å². The van der Waals surface area contributed by atoms with Crippen molar-refractivity contribution in [1.29, 1.82) is 0 Å². The number of rotatable bonds is 0. The Kier molecular flexibility index (Phi) is 1.07. The summed E-state index contributed by atoms with van der Waals surface area (Å²) in [5.74, 6) is 0.197. The zero-order valence-electron chi connectivity index (χ0n) is 3.92. The summed E-state index contributed by atoms with van der Waals surface area (Å²) < 4.78 is 0. The predicted molar refractivity (Wildman–Crippen MR) is 27.9 cm³/mol. The number of hydrogen-bond donors (Lipinski definition) is 0. The Morgan fingerprint density at radius 1 is 1.43 bits per heavy atom. The van der Waals surface area contributed by atoms with Gasteiger partial charge in [-0.25, -0.2) is 0 Å². The van der Waals surface area contributed by atoms with Crippen molar-refractivity contribution >= 4 is 5.78 Å². The molecule has 0 heterocycles. The van der Waals surface area contributed by atoms with E-state index in [9.17, 15) is 4.79 Å². The lowest BCUT2D eigenvalue weighted by molar-refractivity contribution is -0.113. The highest BCUT2D eigenvalue weighted by atomic mass is 16.1. The van der Waals surface area contributed by atoms with Gasteiger partial charge < -0.3 is 0 Å². The molecule has 0 amide bonds. The summed E-state index contributed by atoms with van der Waals surface area (Å²) in [6.45, 7) is 0. The molecule has 0 aliphatic heterocycles. The second kappa shape index (κ2) is 1.73. The summed E-state index contributed by atoms with van der Waals surface area (Å²) in [6, 6.07) is 0. The van der Waals surface area contributed by atoms with E-state index in [1.54, 1.807) is 12.2 Å². The van der Waals surface area contributed by atoms with Crippen molar-refractivity contribution in [2.75, 3.05) is 0 Å². The average molecular weight is 94.1 g/mol. The van der Waals surface area contributed by atoms with Crippen LogP contribution in [0.3, 0.4) is 0 Å².